The van der Waals surface area contributed by atoms with Gasteiger partial charge in [0.1, 0.15) is 29.0 Å². The van der Waals surface area contributed by atoms with Gasteiger partial charge in [0.05, 0.1) is 11.1 Å². The third-order valence-corrected chi connectivity index (χ3v) is 4.65. The molecule has 4 rings (SSSR count). The van der Waals surface area contributed by atoms with Crippen LogP contribution in [-0.2, 0) is 0 Å². The van der Waals surface area contributed by atoms with Gasteiger partial charge in [0.25, 0.3) is 0 Å². The van der Waals surface area contributed by atoms with E-state index >= 15 is 0 Å². The summed E-state index contributed by atoms with van der Waals surface area (Å²) >= 11 is 0. The van der Waals surface area contributed by atoms with Crippen LogP contribution in [0.2, 0.25) is 0 Å². The third-order valence-electron chi connectivity index (χ3n) is 4.65. The molecule has 0 saturated heterocycles. The van der Waals surface area contributed by atoms with Crippen LogP contribution in [-0.4, -0.2) is 51.8 Å². The van der Waals surface area contributed by atoms with Gasteiger partial charge in [-0.2, -0.15) is 4.98 Å². The molecule has 31 heavy (non-hydrogen) atoms. The molecule has 7 nitrogen and oxygen atoms in total. The Morgan fingerprint density at radius 1 is 1.03 bits per heavy atom. The summed E-state index contributed by atoms with van der Waals surface area (Å²) in [6.45, 7) is 1.28. The highest BCUT2D eigenvalue weighted by molar-refractivity contribution is 5.99. The molecule has 3 N–H and O–H groups in total. The molecule has 0 spiro atoms. The Balaban J connectivity index is 1.92. The topological polar surface area (TPSA) is 84.9 Å². The SMILES string of the molecule is CN(C)CCNc1nc(-c2cccc(F)c2)c2c(N)n(-c3cc(F)ccc3F)nc2n1. The Hall–Kier alpha value is -3.66. The predicted molar refractivity (Wildman–Crippen MR) is 113 cm³/mol. The van der Waals surface area contributed by atoms with Gasteiger partial charge in [-0.1, -0.05) is 12.1 Å². The molecule has 0 fully saturated rings. The van der Waals surface area contributed by atoms with E-state index in [0.29, 0.717) is 23.2 Å². The van der Waals surface area contributed by atoms with Gasteiger partial charge in [0, 0.05) is 24.7 Å². The summed E-state index contributed by atoms with van der Waals surface area (Å²) in [6.07, 6.45) is 0. The molecule has 2 heterocycles. The number of nitrogens with two attached hydrogens (primary N) is 1. The fourth-order valence-corrected chi connectivity index (χ4v) is 3.16. The number of aromatic nitrogens is 4. The number of halogens is 3. The maximum atomic E-state index is 14.4. The smallest absolute Gasteiger partial charge is 0.225 e. The number of hydrogen-bond acceptors (Lipinski definition) is 6. The minimum Gasteiger partial charge on any atom is -0.383 e. The van der Waals surface area contributed by atoms with Crippen LogP contribution in [0.3, 0.4) is 0 Å². The standard InChI is InChI=1S/C21H20F3N7/c1-30(2)9-8-26-21-27-18(12-4-3-5-13(22)10-12)17-19(25)31(29-20(17)28-21)16-11-14(23)6-7-15(16)24/h3-7,10-11H,8-9,25H2,1-2H3,(H,26,28,29). The van der Waals surface area contributed by atoms with Crippen LogP contribution in [0, 0.1) is 17.5 Å². The van der Waals surface area contributed by atoms with Crippen LogP contribution in [0.4, 0.5) is 24.9 Å². The molecule has 0 radical (unpaired) electrons. The normalized spacial score (nSPS) is 11.4. The zero-order valence-electron chi connectivity index (χ0n) is 16.9. The van der Waals surface area contributed by atoms with E-state index in [9.17, 15) is 13.2 Å². The highest BCUT2D eigenvalue weighted by Gasteiger charge is 2.21. The van der Waals surface area contributed by atoms with Crippen molar-refractivity contribution >= 4 is 22.8 Å². The lowest BCUT2D eigenvalue weighted by Gasteiger charge is -2.11. The molecule has 2 aromatic heterocycles. The van der Waals surface area contributed by atoms with Crippen LogP contribution in [0.15, 0.2) is 42.5 Å². The monoisotopic (exact) mass is 427 g/mol. The lowest BCUT2D eigenvalue weighted by molar-refractivity contribution is 0.425. The highest BCUT2D eigenvalue weighted by Crippen LogP contribution is 2.33. The van der Waals surface area contributed by atoms with E-state index in [1.807, 2.05) is 19.0 Å². The van der Waals surface area contributed by atoms with Crippen molar-refractivity contribution < 1.29 is 13.2 Å². The van der Waals surface area contributed by atoms with E-state index in [-0.39, 0.29) is 23.1 Å². The Morgan fingerprint density at radius 3 is 2.55 bits per heavy atom. The van der Waals surface area contributed by atoms with Crippen LogP contribution in [0.5, 0.6) is 0 Å². The van der Waals surface area contributed by atoms with Crippen LogP contribution < -0.4 is 11.1 Å². The van der Waals surface area contributed by atoms with Crippen molar-refractivity contribution in [3.05, 3.63) is 59.9 Å². The predicted octanol–water partition coefficient (Wildman–Crippen LogP) is 3.46. The number of fused-ring (bicyclic) bond motifs is 1. The number of hydrogen-bond donors (Lipinski definition) is 2. The second-order valence-electron chi connectivity index (χ2n) is 7.23. The first-order valence-corrected chi connectivity index (χ1v) is 9.49. The maximum Gasteiger partial charge on any atom is 0.225 e. The Morgan fingerprint density at radius 2 is 1.81 bits per heavy atom. The molecule has 4 aromatic rings. The molecule has 0 unspecified atom stereocenters. The van der Waals surface area contributed by atoms with Crippen LogP contribution in [0.1, 0.15) is 0 Å². The number of nitrogen functional groups attached to an aromatic ring is 1. The highest BCUT2D eigenvalue weighted by atomic mass is 19.1. The molecule has 0 atom stereocenters. The second kappa shape index (κ2) is 8.23. The van der Waals surface area contributed by atoms with Crippen molar-refractivity contribution in [1.82, 2.24) is 24.6 Å². The van der Waals surface area contributed by atoms with Gasteiger partial charge < -0.3 is 16.0 Å². The van der Waals surface area contributed by atoms with Gasteiger partial charge in [-0.25, -0.2) is 22.8 Å². The number of nitrogens with zero attached hydrogens (tertiary/aromatic N) is 5. The Kier molecular flexibility index (Phi) is 5.47. The first-order chi connectivity index (χ1) is 14.8. The maximum absolute atomic E-state index is 14.4. The minimum atomic E-state index is -0.703. The average molecular weight is 427 g/mol. The first kappa shape index (κ1) is 20.6. The molecule has 2 aromatic carbocycles. The van der Waals surface area contributed by atoms with Crippen LogP contribution in [0.25, 0.3) is 28.0 Å². The van der Waals surface area contributed by atoms with Crippen molar-refractivity contribution in [2.75, 3.05) is 38.2 Å². The van der Waals surface area contributed by atoms with Crippen LogP contribution >= 0.6 is 0 Å². The summed E-state index contributed by atoms with van der Waals surface area (Å²) in [6, 6.07) is 8.83. The summed E-state index contributed by atoms with van der Waals surface area (Å²) in [5.74, 6) is -1.52. The minimum absolute atomic E-state index is 0.0126. The molecule has 0 bridgehead atoms. The van der Waals surface area contributed by atoms with E-state index in [1.54, 1.807) is 12.1 Å². The number of benzene rings is 2. The molecule has 160 valence electrons. The number of anilines is 2. The Labute approximate surface area is 176 Å². The number of rotatable bonds is 6. The van der Waals surface area contributed by atoms with Crippen molar-refractivity contribution in [2.24, 2.45) is 0 Å². The molecule has 0 amide bonds. The fourth-order valence-electron chi connectivity index (χ4n) is 3.16. The van der Waals surface area contributed by atoms with E-state index in [2.05, 4.69) is 20.4 Å². The molecular formula is C21H20F3N7. The van der Waals surface area contributed by atoms with Gasteiger partial charge in [-0.15, -0.1) is 5.10 Å². The zero-order chi connectivity index (χ0) is 22.1. The second-order valence-corrected chi connectivity index (χ2v) is 7.23. The summed E-state index contributed by atoms with van der Waals surface area (Å²) in [4.78, 5) is 10.9. The van der Waals surface area contributed by atoms with Crippen molar-refractivity contribution in [1.29, 1.82) is 0 Å². The van der Waals surface area contributed by atoms with Crippen molar-refractivity contribution in [2.45, 2.75) is 0 Å². The van der Waals surface area contributed by atoms with Crippen molar-refractivity contribution in [3.63, 3.8) is 0 Å². The van der Waals surface area contributed by atoms with Crippen molar-refractivity contribution in [3.8, 4) is 16.9 Å². The quantitative estimate of drug-likeness (QED) is 0.490. The molecule has 0 saturated carbocycles. The van der Waals surface area contributed by atoms with E-state index in [0.717, 1.165) is 29.4 Å². The molecular weight excluding hydrogens is 407 g/mol. The largest absolute Gasteiger partial charge is 0.383 e. The average Bonchev–Trinajstić information content (AvgIpc) is 3.05. The van der Waals surface area contributed by atoms with E-state index < -0.39 is 17.5 Å². The van der Waals surface area contributed by atoms with Gasteiger partial charge >= 0.3 is 0 Å². The molecule has 10 heteroatoms. The van der Waals surface area contributed by atoms with Gasteiger partial charge in [0.2, 0.25) is 5.95 Å². The third kappa shape index (κ3) is 4.15. The summed E-state index contributed by atoms with van der Waals surface area (Å²) in [7, 11) is 3.86. The first-order valence-electron chi connectivity index (χ1n) is 9.49. The van der Waals surface area contributed by atoms with E-state index in [1.165, 1.54) is 12.1 Å². The van der Waals surface area contributed by atoms with Gasteiger partial charge in [-0.3, -0.25) is 0 Å². The summed E-state index contributed by atoms with van der Waals surface area (Å²) in [5, 5.41) is 7.70. The van der Waals surface area contributed by atoms with E-state index in [4.69, 9.17) is 5.73 Å². The Bertz CT molecular complexity index is 1250. The fraction of sp³-hybridized carbons (Fsp3) is 0.190. The zero-order valence-corrected chi connectivity index (χ0v) is 16.9. The molecule has 0 aliphatic carbocycles. The summed E-state index contributed by atoms with van der Waals surface area (Å²) < 4.78 is 43.1. The lowest BCUT2D eigenvalue weighted by Crippen LogP contribution is -2.21. The lowest BCUT2D eigenvalue weighted by atomic mass is 10.1. The van der Waals surface area contributed by atoms with Gasteiger partial charge in [0.15, 0.2) is 5.65 Å². The summed E-state index contributed by atoms with van der Waals surface area (Å²) in [5.41, 5.74) is 7.06. The number of nitrogens with one attached hydrogen (secondary N) is 1. The van der Waals surface area contributed by atoms with Gasteiger partial charge in [-0.05, 0) is 38.4 Å². The number of likely N-dealkylation sites (N-methyl/N-ethyl adjacent to an activating group) is 1. The molecule has 0 aliphatic rings. The molecule has 0 aliphatic heterocycles.